The van der Waals surface area contributed by atoms with Gasteiger partial charge >= 0.3 is 6.01 Å². The standard InChI is InChI=1S/C24H21F2N3O3/c1-30-20-13-9-19(10-14-20)29-23(27-24(28-29)32-16-22(25)26)18-7-11-21(12-8-18)31-15-17-5-3-2-4-6-17/h2-14,22H,15-16H2,1H3. The average Bonchev–Trinajstić information content (AvgIpc) is 3.27. The number of rotatable bonds is 9. The molecule has 0 aliphatic carbocycles. The Labute approximate surface area is 184 Å². The zero-order chi connectivity index (χ0) is 22.3. The molecule has 0 spiro atoms. The normalized spacial score (nSPS) is 10.9. The summed E-state index contributed by atoms with van der Waals surface area (Å²) < 4.78 is 42.8. The second-order valence-corrected chi connectivity index (χ2v) is 6.83. The Morgan fingerprint density at radius 3 is 2.19 bits per heavy atom. The van der Waals surface area contributed by atoms with E-state index in [0.29, 0.717) is 29.6 Å². The lowest BCUT2D eigenvalue weighted by Crippen LogP contribution is -2.08. The van der Waals surface area contributed by atoms with E-state index in [0.717, 1.165) is 11.1 Å². The molecule has 0 saturated carbocycles. The molecular formula is C24H21F2N3O3. The van der Waals surface area contributed by atoms with E-state index in [-0.39, 0.29) is 6.01 Å². The van der Waals surface area contributed by atoms with Crippen LogP contribution in [0, 0.1) is 0 Å². The second kappa shape index (κ2) is 9.91. The van der Waals surface area contributed by atoms with Crippen LogP contribution in [0.3, 0.4) is 0 Å². The van der Waals surface area contributed by atoms with E-state index in [4.69, 9.17) is 14.2 Å². The summed E-state index contributed by atoms with van der Waals surface area (Å²) in [7, 11) is 1.58. The van der Waals surface area contributed by atoms with Crippen LogP contribution in [0.15, 0.2) is 78.9 Å². The van der Waals surface area contributed by atoms with E-state index in [2.05, 4.69) is 10.1 Å². The van der Waals surface area contributed by atoms with Crippen molar-refractivity contribution >= 4 is 0 Å². The maximum atomic E-state index is 12.6. The van der Waals surface area contributed by atoms with Gasteiger partial charge in [-0.1, -0.05) is 30.3 Å². The fraction of sp³-hybridized carbons (Fsp3) is 0.167. The summed E-state index contributed by atoms with van der Waals surface area (Å²) in [5.74, 6) is 1.83. The number of aromatic nitrogens is 3. The summed E-state index contributed by atoms with van der Waals surface area (Å²) in [5, 5.41) is 4.26. The lowest BCUT2D eigenvalue weighted by Gasteiger charge is -2.09. The van der Waals surface area contributed by atoms with Crippen LogP contribution in [0.1, 0.15) is 5.56 Å². The first-order chi connectivity index (χ1) is 15.6. The molecule has 1 heterocycles. The molecule has 0 aliphatic rings. The average molecular weight is 437 g/mol. The third kappa shape index (κ3) is 5.21. The molecule has 0 radical (unpaired) electrons. The molecule has 0 saturated heterocycles. The summed E-state index contributed by atoms with van der Waals surface area (Å²) in [4.78, 5) is 4.32. The van der Waals surface area contributed by atoms with Crippen molar-refractivity contribution in [3.05, 3.63) is 84.4 Å². The largest absolute Gasteiger partial charge is 0.497 e. The van der Waals surface area contributed by atoms with E-state index in [1.54, 1.807) is 36.1 Å². The maximum Gasteiger partial charge on any atom is 0.336 e. The Morgan fingerprint density at radius 2 is 1.53 bits per heavy atom. The highest BCUT2D eigenvalue weighted by molar-refractivity contribution is 5.59. The third-order valence-electron chi connectivity index (χ3n) is 4.60. The van der Waals surface area contributed by atoms with Gasteiger partial charge in [0.05, 0.1) is 12.8 Å². The first-order valence-electron chi connectivity index (χ1n) is 9.92. The number of ether oxygens (including phenoxy) is 3. The number of hydrogen-bond donors (Lipinski definition) is 0. The minimum atomic E-state index is -2.62. The molecule has 0 bridgehead atoms. The van der Waals surface area contributed by atoms with Gasteiger partial charge in [0.2, 0.25) is 0 Å². The molecule has 0 fully saturated rings. The zero-order valence-corrected chi connectivity index (χ0v) is 17.3. The summed E-state index contributed by atoms with van der Waals surface area (Å²) >= 11 is 0. The van der Waals surface area contributed by atoms with Crippen molar-refractivity contribution < 1.29 is 23.0 Å². The van der Waals surface area contributed by atoms with Crippen molar-refractivity contribution in [3.63, 3.8) is 0 Å². The van der Waals surface area contributed by atoms with Gasteiger partial charge in [0, 0.05) is 5.56 Å². The molecule has 8 heteroatoms. The quantitative estimate of drug-likeness (QED) is 0.362. The highest BCUT2D eigenvalue weighted by Gasteiger charge is 2.16. The van der Waals surface area contributed by atoms with Crippen LogP contribution in [0.25, 0.3) is 17.1 Å². The molecule has 4 rings (SSSR count). The molecule has 4 aromatic rings. The Hall–Kier alpha value is -3.94. The van der Waals surface area contributed by atoms with E-state index in [1.165, 1.54) is 0 Å². The number of nitrogens with zero attached hydrogens (tertiary/aromatic N) is 3. The maximum absolute atomic E-state index is 12.6. The predicted octanol–water partition coefficient (Wildman–Crippen LogP) is 5.17. The number of benzene rings is 3. The first-order valence-corrected chi connectivity index (χ1v) is 9.92. The van der Waals surface area contributed by atoms with Gasteiger partial charge in [-0.25, -0.2) is 13.5 Å². The van der Waals surface area contributed by atoms with Crippen molar-refractivity contribution in [2.75, 3.05) is 13.7 Å². The summed E-state index contributed by atoms with van der Waals surface area (Å²) in [6.07, 6.45) is -2.62. The van der Waals surface area contributed by atoms with Crippen molar-refractivity contribution in [2.45, 2.75) is 13.0 Å². The SMILES string of the molecule is COc1ccc(-n2nc(OCC(F)F)nc2-c2ccc(OCc3ccccc3)cc2)cc1. The molecule has 0 atom stereocenters. The molecule has 164 valence electrons. The lowest BCUT2D eigenvalue weighted by molar-refractivity contribution is 0.0771. The van der Waals surface area contributed by atoms with Crippen LogP contribution in [-0.2, 0) is 6.61 Å². The minimum Gasteiger partial charge on any atom is -0.497 e. The van der Waals surface area contributed by atoms with Crippen LogP contribution in [0.5, 0.6) is 17.5 Å². The summed E-state index contributed by atoms with van der Waals surface area (Å²) in [6, 6.07) is 24.2. The molecule has 0 N–H and O–H groups in total. The van der Waals surface area contributed by atoms with Crippen molar-refractivity contribution in [2.24, 2.45) is 0 Å². The predicted molar refractivity (Wildman–Crippen MR) is 116 cm³/mol. The van der Waals surface area contributed by atoms with Crippen LogP contribution < -0.4 is 14.2 Å². The monoisotopic (exact) mass is 437 g/mol. The Morgan fingerprint density at radius 1 is 0.844 bits per heavy atom. The van der Waals surface area contributed by atoms with E-state index in [1.807, 2.05) is 54.6 Å². The van der Waals surface area contributed by atoms with Gasteiger partial charge in [-0.05, 0) is 54.1 Å². The lowest BCUT2D eigenvalue weighted by atomic mass is 10.2. The van der Waals surface area contributed by atoms with Gasteiger partial charge in [-0.2, -0.15) is 4.98 Å². The Bertz CT molecular complexity index is 1130. The Balaban J connectivity index is 1.58. The van der Waals surface area contributed by atoms with Crippen molar-refractivity contribution in [1.82, 2.24) is 14.8 Å². The van der Waals surface area contributed by atoms with Gasteiger partial charge in [0.1, 0.15) is 18.1 Å². The number of halogens is 2. The number of methoxy groups -OCH3 is 1. The van der Waals surface area contributed by atoms with Crippen LogP contribution in [0.2, 0.25) is 0 Å². The smallest absolute Gasteiger partial charge is 0.336 e. The number of hydrogen-bond acceptors (Lipinski definition) is 5. The fourth-order valence-electron chi connectivity index (χ4n) is 3.02. The van der Waals surface area contributed by atoms with E-state index < -0.39 is 13.0 Å². The second-order valence-electron chi connectivity index (χ2n) is 6.83. The van der Waals surface area contributed by atoms with Gasteiger partial charge in [-0.15, -0.1) is 5.10 Å². The summed E-state index contributed by atoms with van der Waals surface area (Å²) in [5.41, 5.74) is 2.48. The molecule has 1 aromatic heterocycles. The highest BCUT2D eigenvalue weighted by Crippen LogP contribution is 2.27. The van der Waals surface area contributed by atoms with Crippen molar-refractivity contribution in [1.29, 1.82) is 0 Å². The van der Waals surface area contributed by atoms with Gasteiger partial charge in [0.15, 0.2) is 12.4 Å². The molecule has 0 amide bonds. The zero-order valence-electron chi connectivity index (χ0n) is 17.3. The topological polar surface area (TPSA) is 58.4 Å². The van der Waals surface area contributed by atoms with E-state index >= 15 is 0 Å². The van der Waals surface area contributed by atoms with E-state index in [9.17, 15) is 8.78 Å². The number of alkyl halides is 2. The van der Waals surface area contributed by atoms with Crippen LogP contribution in [0.4, 0.5) is 8.78 Å². The molecule has 0 unspecified atom stereocenters. The van der Waals surface area contributed by atoms with Gasteiger partial charge in [0.25, 0.3) is 6.43 Å². The van der Waals surface area contributed by atoms with Gasteiger partial charge in [-0.3, -0.25) is 0 Å². The molecule has 0 aliphatic heterocycles. The fourth-order valence-corrected chi connectivity index (χ4v) is 3.02. The van der Waals surface area contributed by atoms with Crippen LogP contribution in [-0.4, -0.2) is 34.9 Å². The highest BCUT2D eigenvalue weighted by atomic mass is 19.3. The van der Waals surface area contributed by atoms with Crippen LogP contribution >= 0.6 is 0 Å². The van der Waals surface area contributed by atoms with Gasteiger partial charge < -0.3 is 14.2 Å². The Kier molecular flexibility index (Phi) is 6.60. The molecule has 32 heavy (non-hydrogen) atoms. The molecule has 3 aromatic carbocycles. The first kappa shape index (κ1) is 21.3. The third-order valence-corrected chi connectivity index (χ3v) is 4.60. The molecule has 6 nitrogen and oxygen atoms in total. The summed E-state index contributed by atoms with van der Waals surface area (Å²) in [6.45, 7) is -0.327. The van der Waals surface area contributed by atoms with Crippen molar-refractivity contribution in [3.8, 4) is 34.6 Å². The molecular weight excluding hydrogens is 416 g/mol. The minimum absolute atomic E-state index is 0.125.